The average molecular weight is 324 g/mol. The molecular formula is C17H16N4OS. The van der Waals surface area contributed by atoms with Crippen molar-refractivity contribution in [3.05, 3.63) is 58.5 Å². The van der Waals surface area contributed by atoms with E-state index in [1.807, 2.05) is 5.38 Å². The van der Waals surface area contributed by atoms with Crippen LogP contribution in [0.5, 0.6) is 0 Å². The SMILES string of the molecule is Cc1ccc(-c2csc(NC(=O)c3ccnc(C)n3)n2)c(C)c1. The first-order valence-electron chi connectivity index (χ1n) is 7.17. The third-order valence-electron chi connectivity index (χ3n) is 3.39. The Balaban J connectivity index is 1.81. The lowest BCUT2D eigenvalue weighted by atomic mass is 10.0. The molecule has 2 heterocycles. The second-order valence-corrected chi connectivity index (χ2v) is 6.16. The van der Waals surface area contributed by atoms with E-state index in [0.717, 1.165) is 11.3 Å². The number of aromatic nitrogens is 3. The summed E-state index contributed by atoms with van der Waals surface area (Å²) in [7, 11) is 0. The van der Waals surface area contributed by atoms with E-state index in [1.54, 1.807) is 19.2 Å². The minimum atomic E-state index is -0.281. The zero-order valence-corrected chi connectivity index (χ0v) is 13.9. The second-order valence-electron chi connectivity index (χ2n) is 5.30. The van der Waals surface area contributed by atoms with Crippen LogP contribution in [-0.2, 0) is 0 Å². The molecule has 0 aliphatic carbocycles. The molecule has 5 nitrogen and oxygen atoms in total. The van der Waals surface area contributed by atoms with Crippen molar-refractivity contribution in [2.24, 2.45) is 0 Å². The van der Waals surface area contributed by atoms with Crippen LogP contribution in [0.3, 0.4) is 0 Å². The summed E-state index contributed by atoms with van der Waals surface area (Å²) in [5.74, 6) is 0.282. The fourth-order valence-electron chi connectivity index (χ4n) is 2.30. The van der Waals surface area contributed by atoms with Crippen LogP contribution in [0, 0.1) is 20.8 Å². The topological polar surface area (TPSA) is 67.8 Å². The van der Waals surface area contributed by atoms with Crippen molar-refractivity contribution >= 4 is 22.4 Å². The largest absolute Gasteiger partial charge is 0.296 e. The molecule has 6 heteroatoms. The van der Waals surface area contributed by atoms with Crippen molar-refractivity contribution in [3.8, 4) is 11.3 Å². The first-order valence-corrected chi connectivity index (χ1v) is 8.05. The Hall–Kier alpha value is -2.60. The third-order valence-corrected chi connectivity index (χ3v) is 4.15. The van der Waals surface area contributed by atoms with Crippen molar-refractivity contribution in [1.82, 2.24) is 15.0 Å². The highest BCUT2D eigenvalue weighted by Gasteiger charge is 2.12. The molecule has 23 heavy (non-hydrogen) atoms. The number of nitrogens with one attached hydrogen (secondary N) is 1. The zero-order valence-electron chi connectivity index (χ0n) is 13.1. The smallest absolute Gasteiger partial charge is 0.276 e. The number of carbonyl (C=O) groups excluding carboxylic acids is 1. The molecule has 0 fully saturated rings. The van der Waals surface area contributed by atoms with Gasteiger partial charge in [0.2, 0.25) is 0 Å². The molecule has 2 aromatic heterocycles. The molecule has 0 saturated heterocycles. The molecule has 0 atom stereocenters. The van der Waals surface area contributed by atoms with Gasteiger partial charge in [-0.15, -0.1) is 11.3 Å². The van der Waals surface area contributed by atoms with Gasteiger partial charge in [0.05, 0.1) is 5.69 Å². The monoisotopic (exact) mass is 324 g/mol. The van der Waals surface area contributed by atoms with E-state index in [0.29, 0.717) is 16.6 Å². The molecular weight excluding hydrogens is 308 g/mol. The first-order chi connectivity index (χ1) is 11.0. The summed E-state index contributed by atoms with van der Waals surface area (Å²) in [6, 6.07) is 7.82. The van der Waals surface area contributed by atoms with Gasteiger partial charge in [-0.05, 0) is 32.4 Å². The Morgan fingerprint density at radius 2 is 1.96 bits per heavy atom. The number of anilines is 1. The van der Waals surface area contributed by atoms with Gasteiger partial charge in [-0.2, -0.15) is 0 Å². The van der Waals surface area contributed by atoms with Gasteiger partial charge in [0.1, 0.15) is 11.5 Å². The summed E-state index contributed by atoms with van der Waals surface area (Å²) in [5.41, 5.74) is 4.65. The molecule has 0 unspecified atom stereocenters. The Bertz CT molecular complexity index is 873. The molecule has 3 aromatic rings. The molecule has 1 amide bonds. The maximum absolute atomic E-state index is 12.2. The van der Waals surface area contributed by atoms with Gasteiger partial charge in [-0.3, -0.25) is 10.1 Å². The van der Waals surface area contributed by atoms with E-state index in [-0.39, 0.29) is 5.91 Å². The lowest BCUT2D eigenvalue weighted by Crippen LogP contribution is -2.14. The summed E-state index contributed by atoms with van der Waals surface area (Å²) >= 11 is 1.40. The second kappa shape index (κ2) is 6.26. The maximum Gasteiger partial charge on any atom is 0.276 e. The zero-order chi connectivity index (χ0) is 16.4. The predicted molar refractivity (Wildman–Crippen MR) is 91.7 cm³/mol. The number of nitrogens with zero attached hydrogens (tertiary/aromatic N) is 3. The van der Waals surface area contributed by atoms with Crippen molar-refractivity contribution in [3.63, 3.8) is 0 Å². The van der Waals surface area contributed by atoms with Gasteiger partial charge >= 0.3 is 0 Å². The van der Waals surface area contributed by atoms with Crippen LogP contribution in [0.2, 0.25) is 0 Å². The number of aryl methyl sites for hydroxylation is 3. The molecule has 116 valence electrons. The van der Waals surface area contributed by atoms with Crippen molar-refractivity contribution in [2.75, 3.05) is 5.32 Å². The van der Waals surface area contributed by atoms with Gasteiger partial charge in [0.25, 0.3) is 5.91 Å². The number of carbonyl (C=O) groups is 1. The molecule has 0 aliphatic rings. The van der Waals surface area contributed by atoms with Gasteiger partial charge < -0.3 is 0 Å². The van der Waals surface area contributed by atoms with Gasteiger partial charge in [-0.1, -0.05) is 23.8 Å². The number of benzene rings is 1. The summed E-state index contributed by atoms with van der Waals surface area (Å²) in [6.45, 7) is 5.87. The lowest BCUT2D eigenvalue weighted by Gasteiger charge is -2.04. The fraction of sp³-hybridized carbons (Fsp3) is 0.176. The van der Waals surface area contributed by atoms with E-state index < -0.39 is 0 Å². The summed E-state index contributed by atoms with van der Waals surface area (Å²) in [5, 5.41) is 5.28. The number of hydrogen-bond acceptors (Lipinski definition) is 5. The van der Waals surface area contributed by atoms with E-state index in [9.17, 15) is 4.79 Å². The van der Waals surface area contributed by atoms with E-state index in [2.05, 4.69) is 52.3 Å². The van der Waals surface area contributed by atoms with E-state index in [4.69, 9.17) is 0 Å². The quantitative estimate of drug-likeness (QED) is 0.796. The Morgan fingerprint density at radius 3 is 2.70 bits per heavy atom. The van der Waals surface area contributed by atoms with Gasteiger partial charge in [-0.25, -0.2) is 15.0 Å². The molecule has 1 N–H and O–H groups in total. The highest BCUT2D eigenvalue weighted by Crippen LogP contribution is 2.28. The number of thiazole rings is 1. The molecule has 0 aliphatic heterocycles. The maximum atomic E-state index is 12.2. The fourth-order valence-corrected chi connectivity index (χ4v) is 3.01. The lowest BCUT2D eigenvalue weighted by molar-refractivity contribution is 0.102. The first kappa shape index (κ1) is 15.3. The van der Waals surface area contributed by atoms with Crippen molar-refractivity contribution in [1.29, 1.82) is 0 Å². The van der Waals surface area contributed by atoms with Crippen LogP contribution in [0.1, 0.15) is 27.4 Å². The summed E-state index contributed by atoms with van der Waals surface area (Å²) < 4.78 is 0. The van der Waals surface area contributed by atoms with Gasteiger partial charge in [0.15, 0.2) is 5.13 Å². The number of amides is 1. The molecule has 0 saturated carbocycles. The van der Waals surface area contributed by atoms with E-state index in [1.165, 1.54) is 22.5 Å². The van der Waals surface area contributed by atoms with Crippen LogP contribution < -0.4 is 5.32 Å². The predicted octanol–water partition coefficient (Wildman–Crippen LogP) is 3.78. The van der Waals surface area contributed by atoms with Crippen LogP contribution >= 0.6 is 11.3 Å². The van der Waals surface area contributed by atoms with Crippen molar-refractivity contribution < 1.29 is 4.79 Å². The average Bonchev–Trinajstić information content (AvgIpc) is 2.95. The minimum Gasteiger partial charge on any atom is -0.296 e. The van der Waals surface area contributed by atoms with Gasteiger partial charge in [0, 0.05) is 17.1 Å². The highest BCUT2D eigenvalue weighted by atomic mass is 32.1. The highest BCUT2D eigenvalue weighted by molar-refractivity contribution is 7.14. The Morgan fingerprint density at radius 1 is 1.13 bits per heavy atom. The molecule has 0 spiro atoms. The summed E-state index contributed by atoms with van der Waals surface area (Å²) in [6.07, 6.45) is 1.57. The van der Waals surface area contributed by atoms with Crippen molar-refractivity contribution in [2.45, 2.75) is 20.8 Å². The molecule has 1 aromatic carbocycles. The minimum absolute atomic E-state index is 0.281. The molecule has 0 radical (unpaired) electrons. The van der Waals surface area contributed by atoms with E-state index >= 15 is 0 Å². The standard InChI is InChI=1S/C17H16N4OS/c1-10-4-5-13(11(2)8-10)15-9-23-17(20-15)21-16(22)14-6-7-18-12(3)19-14/h4-9H,1-3H3,(H,20,21,22). The number of hydrogen-bond donors (Lipinski definition) is 1. The van der Waals surface area contributed by atoms with Crippen LogP contribution in [-0.4, -0.2) is 20.9 Å². The Kier molecular flexibility index (Phi) is 4.16. The number of rotatable bonds is 3. The third kappa shape index (κ3) is 3.43. The Labute approximate surface area is 138 Å². The molecule has 3 rings (SSSR count). The molecule has 0 bridgehead atoms. The summed E-state index contributed by atoms with van der Waals surface area (Å²) in [4.78, 5) is 24.8. The van der Waals surface area contributed by atoms with Crippen LogP contribution in [0.4, 0.5) is 5.13 Å². The van der Waals surface area contributed by atoms with Crippen LogP contribution in [0.15, 0.2) is 35.8 Å². The van der Waals surface area contributed by atoms with Crippen LogP contribution in [0.25, 0.3) is 11.3 Å². The normalized spacial score (nSPS) is 10.6.